The van der Waals surface area contributed by atoms with Crippen molar-refractivity contribution < 1.29 is 4.43 Å². The normalized spacial score (nSPS) is 14.1. The molecule has 68 valence electrons. The van der Waals surface area contributed by atoms with Crippen LogP contribution in [0.25, 0.3) is 0 Å². The van der Waals surface area contributed by atoms with Gasteiger partial charge in [0.05, 0.1) is 0 Å². The van der Waals surface area contributed by atoms with Gasteiger partial charge in [0.2, 0.25) is 9.76 Å². The first-order chi connectivity index (χ1) is 6.45. The zero-order valence-corrected chi connectivity index (χ0v) is 8.86. The first-order valence-electron chi connectivity index (χ1n) is 4.47. The third-order valence-corrected chi connectivity index (χ3v) is 3.39. The van der Waals surface area contributed by atoms with E-state index in [4.69, 9.17) is 4.43 Å². The molecule has 0 unspecified atom stereocenters. The monoisotopic (exact) mass is 212 g/mol. The maximum absolute atomic E-state index is 5.72. The molecule has 3 heteroatoms. The second-order valence-corrected chi connectivity index (χ2v) is 4.54. The first-order valence-corrected chi connectivity index (χ1v) is 5.76. The zero-order valence-electron chi connectivity index (χ0n) is 7.44. The van der Waals surface area contributed by atoms with Crippen molar-refractivity contribution in [3.05, 3.63) is 53.8 Å². The van der Waals surface area contributed by atoms with Crippen LogP contribution in [-0.4, -0.2) is 39.3 Å². The van der Waals surface area contributed by atoms with Crippen LogP contribution in [0.4, 0.5) is 0 Å². The van der Waals surface area contributed by atoms with Gasteiger partial charge in [0, 0.05) is 0 Å². The minimum atomic E-state index is -0.512. The summed E-state index contributed by atoms with van der Waals surface area (Å²) in [6, 6.07) is 10.0. The van der Waals surface area contributed by atoms with Gasteiger partial charge in [-0.3, -0.25) is 0 Å². The molecule has 0 N–H and O–H groups in total. The molecular weight excluding hydrogens is 199 g/mol. The van der Waals surface area contributed by atoms with Crippen LogP contribution < -0.4 is 4.43 Å². The van der Waals surface area contributed by atoms with Crippen LogP contribution in [0, 0.1) is 0 Å². The number of hydrogen-bond acceptors (Lipinski definition) is 1. The van der Waals surface area contributed by atoms with E-state index in [0.29, 0.717) is 0 Å². The molecule has 0 aromatic heterocycles. The van der Waals surface area contributed by atoms with Crippen LogP contribution in [0.2, 0.25) is 0 Å². The van der Waals surface area contributed by atoms with E-state index in [1.807, 2.05) is 30.3 Å². The standard InChI is InChI=1S/C11H12OSi.Na.H/c1-2-6-10(7-3-1)12-13-11-8-4-5-9-11;;/h1-8H,9,13H2;;. The quantitative estimate of drug-likeness (QED) is 0.687. The van der Waals surface area contributed by atoms with Gasteiger partial charge in [-0.2, -0.15) is 0 Å². The molecule has 0 aliphatic heterocycles. The third kappa shape index (κ3) is 3.46. The van der Waals surface area contributed by atoms with E-state index >= 15 is 0 Å². The first kappa shape index (κ1) is 11.8. The van der Waals surface area contributed by atoms with E-state index in [1.54, 1.807) is 0 Å². The van der Waals surface area contributed by atoms with Gasteiger partial charge >= 0.3 is 29.6 Å². The van der Waals surface area contributed by atoms with Crippen molar-refractivity contribution in [1.29, 1.82) is 0 Å². The van der Waals surface area contributed by atoms with Crippen molar-refractivity contribution >= 4 is 39.3 Å². The topological polar surface area (TPSA) is 9.23 Å². The summed E-state index contributed by atoms with van der Waals surface area (Å²) in [6.45, 7) is 0. The van der Waals surface area contributed by atoms with Crippen molar-refractivity contribution in [3.63, 3.8) is 0 Å². The van der Waals surface area contributed by atoms with Crippen LogP contribution in [0.5, 0.6) is 5.75 Å². The summed E-state index contributed by atoms with van der Waals surface area (Å²) in [5.74, 6) is 1.00. The second kappa shape index (κ2) is 6.25. The molecule has 0 amide bonds. The molecule has 2 rings (SSSR count). The Bertz CT molecular complexity index is 332. The van der Waals surface area contributed by atoms with Crippen LogP contribution >= 0.6 is 0 Å². The minimum absolute atomic E-state index is 0. The van der Waals surface area contributed by atoms with Crippen LogP contribution in [0.1, 0.15) is 6.42 Å². The summed E-state index contributed by atoms with van der Waals surface area (Å²) in [6.07, 6.45) is 7.56. The Morgan fingerprint density at radius 3 is 2.57 bits per heavy atom. The predicted molar refractivity (Wildman–Crippen MR) is 64.6 cm³/mol. The molecule has 14 heavy (non-hydrogen) atoms. The Hall–Kier alpha value is -0.283. The molecule has 0 fully saturated rings. The van der Waals surface area contributed by atoms with E-state index < -0.39 is 9.76 Å². The molecular formula is C11H13NaOSi. The van der Waals surface area contributed by atoms with Gasteiger partial charge in [0.25, 0.3) is 0 Å². The number of para-hydroxylation sites is 1. The van der Waals surface area contributed by atoms with E-state index in [9.17, 15) is 0 Å². The molecule has 1 aliphatic carbocycles. The number of benzene rings is 1. The van der Waals surface area contributed by atoms with Gasteiger partial charge in [-0.05, 0) is 23.7 Å². The molecule has 0 bridgehead atoms. The summed E-state index contributed by atoms with van der Waals surface area (Å²) in [4.78, 5) is 0. The van der Waals surface area contributed by atoms with Crippen molar-refractivity contribution in [1.82, 2.24) is 0 Å². The second-order valence-electron chi connectivity index (χ2n) is 3.06. The summed E-state index contributed by atoms with van der Waals surface area (Å²) < 4.78 is 5.72. The number of allylic oxidation sites excluding steroid dienone is 4. The Kier molecular flexibility index (Phi) is 5.26. The van der Waals surface area contributed by atoms with Gasteiger partial charge < -0.3 is 4.43 Å². The Morgan fingerprint density at radius 2 is 1.93 bits per heavy atom. The Balaban J connectivity index is 0.000000980. The third-order valence-electron chi connectivity index (χ3n) is 2.02. The summed E-state index contributed by atoms with van der Waals surface area (Å²) in [7, 11) is -0.512. The van der Waals surface area contributed by atoms with Crippen LogP contribution in [0.3, 0.4) is 0 Å². The van der Waals surface area contributed by atoms with Crippen LogP contribution in [0.15, 0.2) is 53.8 Å². The molecule has 1 nitrogen and oxygen atoms in total. The molecule has 0 radical (unpaired) electrons. The Labute approximate surface area is 109 Å². The number of hydrogen-bond donors (Lipinski definition) is 0. The van der Waals surface area contributed by atoms with Crippen molar-refractivity contribution in [3.8, 4) is 5.75 Å². The van der Waals surface area contributed by atoms with E-state index in [-0.39, 0.29) is 29.6 Å². The Morgan fingerprint density at radius 1 is 1.14 bits per heavy atom. The fourth-order valence-corrected chi connectivity index (χ4v) is 2.35. The molecule has 0 saturated heterocycles. The average Bonchev–Trinajstić information content (AvgIpc) is 2.69. The average molecular weight is 212 g/mol. The molecule has 0 saturated carbocycles. The summed E-state index contributed by atoms with van der Waals surface area (Å²) >= 11 is 0. The van der Waals surface area contributed by atoms with E-state index in [1.165, 1.54) is 5.20 Å². The summed E-state index contributed by atoms with van der Waals surface area (Å²) in [5, 5.41) is 1.48. The molecule has 1 aromatic carbocycles. The fourth-order valence-electron chi connectivity index (χ4n) is 1.29. The van der Waals surface area contributed by atoms with Gasteiger partial charge in [-0.15, -0.1) is 0 Å². The molecule has 0 heterocycles. The van der Waals surface area contributed by atoms with Gasteiger partial charge in [0.1, 0.15) is 5.75 Å². The van der Waals surface area contributed by atoms with Crippen LogP contribution in [-0.2, 0) is 0 Å². The SMILES string of the molecule is C1=CCC([SiH2]Oc2ccccc2)=C1.[NaH]. The molecule has 1 aliphatic rings. The zero-order chi connectivity index (χ0) is 8.93. The maximum atomic E-state index is 5.72. The van der Waals surface area contributed by atoms with Gasteiger partial charge in [-0.25, -0.2) is 0 Å². The molecule has 0 atom stereocenters. The fraction of sp³-hybridized carbons (Fsp3) is 0.0909. The predicted octanol–water partition coefficient (Wildman–Crippen LogP) is 1.34. The molecule has 0 spiro atoms. The van der Waals surface area contributed by atoms with Gasteiger partial charge in [0.15, 0.2) is 0 Å². The van der Waals surface area contributed by atoms with E-state index in [0.717, 1.165) is 12.2 Å². The van der Waals surface area contributed by atoms with Crippen molar-refractivity contribution in [2.24, 2.45) is 0 Å². The number of rotatable bonds is 3. The summed E-state index contributed by atoms with van der Waals surface area (Å²) in [5.41, 5.74) is 0. The van der Waals surface area contributed by atoms with Crippen molar-refractivity contribution in [2.45, 2.75) is 6.42 Å². The van der Waals surface area contributed by atoms with Gasteiger partial charge in [-0.1, -0.05) is 36.4 Å². The molecule has 1 aromatic rings. The van der Waals surface area contributed by atoms with Crippen molar-refractivity contribution in [2.75, 3.05) is 0 Å². The van der Waals surface area contributed by atoms with E-state index in [2.05, 4.69) is 18.2 Å².